The molecule has 2 heteroatoms. The van der Waals surface area contributed by atoms with E-state index in [1.165, 1.54) is 102 Å². The van der Waals surface area contributed by atoms with Gasteiger partial charge in [-0.1, -0.05) is 94.7 Å². The molecule has 0 radical (unpaired) electrons. The third-order valence-corrected chi connectivity index (χ3v) is 9.53. The predicted octanol–water partition coefficient (Wildman–Crippen LogP) is 10.5. The first kappa shape index (κ1) is 28.3. The highest BCUT2D eigenvalue weighted by Gasteiger charge is 2.22. The second kappa shape index (κ2) is 15.1. The monoisotopic (exact) mass is 506 g/mol. The van der Waals surface area contributed by atoms with E-state index in [9.17, 15) is 0 Å². The topological polar surface area (TPSA) is 9.23 Å². The lowest BCUT2D eigenvalue weighted by Gasteiger charge is -2.28. The van der Waals surface area contributed by atoms with Gasteiger partial charge < -0.3 is 4.74 Å². The van der Waals surface area contributed by atoms with Crippen molar-refractivity contribution in [2.75, 3.05) is 13.7 Å². The van der Waals surface area contributed by atoms with E-state index < -0.39 is 0 Å². The van der Waals surface area contributed by atoms with Gasteiger partial charge in [0, 0.05) is 19.3 Å². The number of rotatable bonds is 13. The predicted molar refractivity (Wildman–Crippen MR) is 156 cm³/mol. The third-order valence-electron chi connectivity index (χ3n) is 9.53. The van der Waals surface area contributed by atoms with Gasteiger partial charge in [-0.05, 0) is 97.8 Å². The molecule has 2 saturated carbocycles. The Morgan fingerprint density at radius 2 is 1.35 bits per heavy atom. The van der Waals surface area contributed by atoms with Crippen LogP contribution in [0, 0.1) is 23.6 Å². The second-order valence-corrected chi connectivity index (χ2v) is 12.2. The van der Waals surface area contributed by atoms with Crippen LogP contribution in [0.15, 0.2) is 42.5 Å². The van der Waals surface area contributed by atoms with Crippen molar-refractivity contribution in [3.63, 3.8) is 0 Å². The van der Waals surface area contributed by atoms with Crippen molar-refractivity contribution in [1.82, 2.24) is 0 Å². The number of unbranched alkanes of at least 4 members (excludes halogenated alkanes) is 1. The SMILES string of the molecule is CCCC1CCC(c2ccc(-c3ccc(CCCCC4CCC(CCCOC)CC4)cc3F)cc2)CC1. The minimum Gasteiger partial charge on any atom is -0.385 e. The largest absolute Gasteiger partial charge is 0.385 e. The summed E-state index contributed by atoms with van der Waals surface area (Å²) in [6.45, 7) is 3.21. The van der Waals surface area contributed by atoms with Crippen molar-refractivity contribution in [2.45, 2.75) is 116 Å². The van der Waals surface area contributed by atoms with Crippen molar-refractivity contribution in [3.05, 3.63) is 59.4 Å². The summed E-state index contributed by atoms with van der Waals surface area (Å²) in [6.07, 6.45) is 21.0. The third kappa shape index (κ3) is 8.67. The highest BCUT2D eigenvalue weighted by atomic mass is 19.1. The average Bonchev–Trinajstić information content (AvgIpc) is 2.93. The maximum atomic E-state index is 15.0. The molecule has 0 aromatic heterocycles. The molecule has 37 heavy (non-hydrogen) atoms. The summed E-state index contributed by atoms with van der Waals surface area (Å²) in [6, 6.07) is 14.7. The van der Waals surface area contributed by atoms with Crippen molar-refractivity contribution in [2.24, 2.45) is 17.8 Å². The number of aryl methyl sites for hydroxylation is 1. The number of halogens is 1. The molecule has 2 fully saturated rings. The molecule has 0 heterocycles. The maximum absolute atomic E-state index is 15.0. The molecular weight excluding hydrogens is 455 g/mol. The summed E-state index contributed by atoms with van der Waals surface area (Å²) < 4.78 is 20.2. The van der Waals surface area contributed by atoms with Crippen LogP contribution < -0.4 is 0 Å². The van der Waals surface area contributed by atoms with Gasteiger partial charge in [-0.2, -0.15) is 0 Å². The first-order valence-electron chi connectivity index (χ1n) is 15.5. The van der Waals surface area contributed by atoms with Crippen molar-refractivity contribution >= 4 is 0 Å². The lowest BCUT2D eigenvalue weighted by atomic mass is 9.77. The van der Waals surface area contributed by atoms with Crippen molar-refractivity contribution < 1.29 is 9.13 Å². The molecule has 4 rings (SSSR count). The van der Waals surface area contributed by atoms with E-state index in [4.69, 9.17) is 4.74 Å². The molecule has 2 aliphatic rings. The maximum Gasteiger partial charge on any atom is 0.131 e. The smallest absolute Gasteiger partial charge is 0.131 e. The molecule has 2 aromatic carbocycles. The summed E-state index contributed by atoms with van der Waals surface area (Å²) in [5.41, 5.74) is 4.33. The van der Waals surface area contributed by atoms with Crippen LogP contribution in [0.25, 0.3) is 11.1 Å². The van der Waals surface area contributed by atoms with Crippen LogP contribution in [-0.2, 0) is 11.2 Å². The molecule has 0 amide bonds. The lowest BCUT2D eigenvalue weighted by Crippen LogP contribution is -2.15. The average molecular weight is 507 g/mol. The highest BCUT2D eigenvalue weighted by Crippen LogP contribution is 2.38. The fourth-order valence-corrected chi connectivity index (χ4v) is 7.16. The number of methoxy groups -OCH3 is 1. The molecule has 1 nitrogen and oxygen atoms in total. The quantitative estimate of drug-likeness (QED) is 0.245. The van der Waals surface area contributed by atoms with E-state index >= 15 is 4.39 Å². The molecule has 0 atom stereocenters. The van der Waals surface area contributed by atoms with Crippen LogP contribution in [0.3, 0.4) is 0 Å². The fourth-order valence-electron chi connectivity index (χ4n) is 7.16. The number of ether oxygens (including phenoxy) is 1. The number of hydrogen-bond acceptors (Lipinski definition) is 1. The Labute approximate surface area is 226 Å². The van der Waals surface area contributed by atoms with Gasteiger partial charge in [0.05, 0.1) is 0 Å². The van der Waals surface area contributed by atoms with Gasteiger partial charge in [0.25, 0.3) is 0 Å². The molecule has 0 bridgehead atoms. The molecule has 0 saturated heterocycles. The van der Waals surface area contributed by atoms with Crippen LogP contribution in [0.4, 0.5) is 4.39 Å². The standard InChI is InChI=1S/C35H51FO/c1-3-7-27-15-18-31(19-16-27)32-20-22-33(23-21-32)34-24-17-30(26-35(34)36)9-5-4-8-28-11-13-29(14-12-28)10-6-25-37-2/h17,20-24,26-29,31H,3-16,18-19,25H2,1-2H3. The zero-order valence-corrected chi connectivity index (χ0v) is 23.7. The molecule has 0 unspecified atom stereocenters. The Balaban J connectivity index is 1.18. The molecule has 204 valence electrons. The Morgan fingerprint density at radius 1 is 0.730 bits per heavy atom. The second-order valence-electron chi connectivity index (χ2n) is 12.2. The van der Waals surface area contributed by atoms with Gasteiger partial charge >= 0.3 is 0 Å². The van der Waals surface area contributed by atoms with Crippen LogP contribution in [0.5, 0.6) is 0 Å². The van der Waals surface area contributed by atoms with Crippen molar-refractivity contribution in [1.29, 1.82) is 0 Å². The van der Waals surface area contributed by atoms with Crippen LogP contribution in [0.1, 0.15) is 120 Å². The van der Waals surface area contributed by atoms with Gasteiger partial charge in [0.15, 0.2) is 0 Å². The summed E-state index contributed by atoms with van der Waals surface area (Å²) in [5.74, 6) is 3.38. The summed E-state index contributed by atoms with van der Waals surface area (Å²) in [7, 11) is 1.80. The van der Waals surface area contributed by atoms with Gasteiger partial charge in [-0.25, -0.2) is 4.39 Å². The molecular formula is C35H51FO. The minimum atomic E-state index is -0.0721. The molecule has 0 aliphatic heterocycles. The van der Waals surface area contributed by atoms with Crippen LogP contribution in [-0.4, -0.2) is 13.7 Å². The Kier molecular flexibility index (Phi) is 11.5. The van der Waals surface area contributed by atoms with Crippen LogP contribution in [0.2, 0.25) is 0 Å². The van der Waals surface area contributed by atoms with E-state index in [1.807, 2.05) is 6.07 Å². The summed E-state index contributed by atoms with van der Waals surface area (Å²) >= 11 is 0. The van der Waals surface area contributed by atoms with Gasteiger partial charge in [0.1, 0.15) is 5.82 Å². The number of hydrogen-bond donors (Lipinski definition) is 0. The van der Waals surface area contributed by atoms with E-state index in [0.29, 0.717) is 5.92 Å². The fraction of sp³-hybridized carbons (Fsp3) is 0.657. The van der Waals surface area contributed by atoms with E-state index in [2.05, 4.69) is 37.3 Å². The molecule has 0 N–H and O–H groups in total. The van der Waals surface area contributed by atoms with Crippen LogP contribution >= 0.6 is 0 Å². The van der Waals surface area contributed by atoms with E-state index in [-0.39, 0.29) is 5.82 Å². The Bertz CT molecular complexity index is 903. The molecule has 2 aromatic rings. The first-order chi connectivity index (χ1) is 18.2. The summed E-state index contributed by atoms with van der Waals surface area (Å²) in [4.78, 5) is 0. The van der Waals surface area contributed by atoms with Gasteiger partial charge in [-0.15, -0.1) is 0 Å². The number of benzene rings is 2. The zero-order chi connectivity index (χ0) is 25.9. The minimum absolute atomic E-state index is 0.0721. The first-order valence-corrected chi connectivity index (χ1v) is 15.5. The van der Waals surface area contributed by atoms with Gasteiger partial charge in [-0.3, -0.25) is 0 Å². The summed E-state index contributed by atoms with van der Waals surface area (Å²) in [5, 5.41) is 0. The van der Waals surface area contributed by atoms with Crippen molar-refractivity contribution in [3.8, 4) is 11.1 Å². The van der Waals surface area contributed by atoms with E-state index in [0.717, 1.165) is 47.5 Å². The Hall–Kier alpha value is -1.67. The normalized spacial score (nSPS) is 24.3. The zero-order valence-electron chi connectivity index (χ0n) is 23.7. The van der Waals surface area contributed by atoms with Gasteiger partial charge in [0.2, 0.25) is 0 Å². The van der Waals surface area contributed by atoms with E-state index in [1.54, 1.807) is 13.2 Å². The highest BCUT2D eigenvalue weighted by molar-refractivity contribution is 5.65. The molecule has 0 spiro atoms. The lowest BCUT2D eigenvalue weighted by molar-refractivity contribution is 0.175. The Morgan fingerprint density at radius 3 is 1.97 bits per heavy atom. The molecule has 2 aliphatic carbocycles.